The van der Waals surface area contributed by atoms with Gasteiger partial charge >= 0.3 is 0 Å². The molecule has 31 heavy (non-hydrogen) atoms. The van der Waals surface area contributed by atoms with E-state index in [-0.39, 0.29) is 12.7 Å². The highest BCUT2D eigenvalue weighted by Crippen LogP contribution is 2.33. The summed E-state index contributed by atoms with van der Waals surface area (Å²) in [5.74, 6) is 1.80. The van der Waals surface area contributed by atoms with Crippen molar-refractivity contribution in [1.82, 2.24) is 9.80 Å². The lowest BCUT2D eigenvalue weighted by Gasteiger charge is -2.34. The van der Waals surface area contributed by atoms with E-state index in [0.717, 1.165) is 56.2 Å². The Morgan fingerprint density at radius 3 is 2.55 bits per heavy atom. The van der Waals surface area contributed by atoms with Crippen molar-refractivity contribution in [2.45, 2.75) is 19.4 Å². The first-order valence-electron chi connectivity index (χ1n) is 10.8. The molecular formula is C25H26N2O3S. The Morgan fingerprint density at radius 1 is 0.903 bits per heavy atom. The van der Waals surface area contributed by atoms with Crippen LogP contribution in [0, 0.1) is 0 Å². The number of hydrogen-bond acceptors (Lipinski definition) is 5. The molecule has 2 aliphatic heterocycles. The van der Waals surface area contributed by atoms with Crippen LogP contribution in [0.2, 0.25) is 0 Å². The highest BCUT2D eigenvalue weighted by molar-refractivity contribution is 7.15. The van der Waals surface area contributed by atoms with Gasteiger partial charge in [-0.25, -0.2) is 0 Å². The number of carbonyl (C=O) groups is 1. The molecule has 0 bridgehead atoms. The summed E-state index contributed by atoms with van der Waals surface area (Å²) in [5, 5.41) is 0. The van der Waals surface area contributed by atoms with Crippen molar-refractivity contribution >= 4 is 17.2 Å². The van der Waals surface area contributed by atoms with Crippen molar-refractivity contribution < 1.29 is 14.3 Å². The van der Waals surface area contributed by atoms with Crippen LogP contribution in [-0.4, -0.2) is 48.7 Å². The van der Waals surface area contributed by atoms with Gasteiger partial charge in [0.25, 0.3) is 0 Å². The van der Waals surface area contributed by atoms with Gasteiger partial charge in [0, 0.05) is 48.9 Å². The third kappa shape index (κ3) is 4.75. The van der Waals surface area contributed by atoms with Gasteiger partial charge in [0.15, 0.2) is 11.5 Å². The molecule has 2 aliphatic rings. The first-order chi connectivity index (χ1) is 15.2. The second-order valence-electron chi connectivity index (χ2n) is 7.98. The summed E-state index contributed by atoms with van der Waals surface area (Å²) < 4.78 is 10.8. The number of fused-ring (bicyclic) bond motifs is 1. The lowest BCUT2D eigenvalue weighted by atomic mass is 10.1. The van der Waals surface area contributed by atoms with Crippen molar-refractivity contribution in [1.29, 1.82) is 0 Å². The summed E-state index contributed by atoms with van der Waals surface area (Å²) in [6, 6.07) is 20.9. The van der Waals surface area contributed by atoms with E-state index in [1.165, 1.54) is 15.3 Å². The van der Waals surface area contributed by atoms with Gasteiger partial charge in [-0.1, -0.05) is 36.4 Å². The number of ether oxygens (including phenoxy) is 2. The van der Waals surface area contributed by atoms with E-state index in [2.05, 4.69) is 41.3 Å². The van der Waals surface area contributed by atoms with Crippen LogP contribution in [0.15, 0.2) is 60.7 Å². The summed E-state index contributed by atoms with van der Waals surface area (Å²) in [7, 11) is 0. The van der Waals surface area contributed by atoms with Crippen LogP contribution < -0.4 is 9.47 Å². The van der Waals surface area contributed by atoms with Crippen LogP contribution in [0.1, 0.15) is 16.9 Å². The molecule has 0 saturated carbocycles. The fourth-order valence-corrected chi connectivity index (χ4v) is 5.16. The van der Waals surface area contributed by atoms with Crippen molar-refractivity contribution in [2.75, 3.05) is 33.0 Å². The van der Waals surface area contributed by atoms with Crippen LogP contribution in [0.5, 0.6) is 11.5 Å². The highest BCUT2D eigenvalue weighted by Gasteiger charge is 2.22. The molecule has 0 spiro atoms. The summed E-state index contributed by atoms with van der Waals surface area (Å²) in [6.45, 7) is 4.69. The Balaban J connectivity index is 1.09. The second-order valence-corrected chi connectivity index (χ2v) is 9.14. The molecular weight excluding hydrogens is 408 g/mol. The molecule has 3 aromatic rings. The van der Waals surface area contributed by atoms with Gasteiger partial charge < -0.3 is 14.4 Å². The average Bonchev–Trinajstić information content (AvgIpc) is 3.48. The maximum absolute atomic E-state index is 12.7. The maximum Gasteiger partial charge on any atom is 0.231 e. The average molecular weight is 435 g/mol. The van der Waals surface area contributed by atoms with Crippen molar-refractivity contribution in [3.8, 4) is 21.9 Å². The minimum absolute atomic E-state index is 0.236. The fraction of sp³-hybridized carbons (Fsp3) is 0.320. The summed E-state index contributed by atoms with van der Waals surface area (Å²) in [4.78, 5) is 19.8. The molecule has 0 N–H and O–H groups in total. The number of nitrogens with zero attached hydrogens (tertiary/aromatic N) is 2. The molecule has 0 aliphatic carbocycles. The largest absolute Gasteiger partial charge is 0.454 e. The molecule has 5 nitrogen and oxygen atoms in total. The Bertz CT molecular complexity index is 1040. The minimum atomic E-state index is 0.236. The number of thiophene rings is 1. The number of benzene rings is 2. The van der Waals surface area contributed by atoms with Crippen LogP contribution in [0.25, 0.3) is 10.4 Å². The fourth-order valence-electron chi connectivity index (χ4n) is 4.10. The van der Waals surface area contributed by atoms with Crippen molar-refractivity contribution in [2.24, 2.45) is 0 Å². The second kappa shape index (κ2) is 9.12. The number of rotatable bonds is 6. The number of amides is 1. The first kappa shape index (κ1) is 20.1. The molecule has 3 heterocycles. The van der Waals surface area contributed by atoms with Crippen LogP contribution in [0.3, 0.4) is 0 Å². The Labute approximate surface area is 186 Å². The highest BCUT2D eigenvalue weighted by atomic mass is 32.1. The van der Waals surface area contributed by atoms with Gasteiger partial charge in [-0.05, 0) is 41.8 Å². The van der Waals surface area contributed by atoms with Crippen molar-refractivity contribution in [3.05, 3.63) is 71.1 Å². The summed E-state index contributed by atoms with van der Waals surface area (Å²) in [6.07, 6.45) is 1.26. The molecule has 0 atom stereocenters. The molecule has 1 saturated heterocycles. The normalized spacial score (nSPS) is 15.9. The SMILES string of the molecule is O=C(CCc1ccc2c(c1)OCO2)N1CCN(Cc2ccc(-c3ccccc3)s2)CC1. The van der Waals surface area contributed by atoms with E-state index in [1.54, 1.807) is 0 Å². The quantitative estimate of drug-likeness (QED) is 0.576. The van der Waals surface area contributed by atoms with E-state index in [4.69, 9.17) is 9.47 Å². The Kier molecular flexibility index (Phi) is 5.91. The number of hydrogen-bond donors (Lipinski definition) is 0. The number of carbonyl (C=O) groups excluding carboxylic acids is 1. The van der Waals surface area contributed by atoms with Gasteiger partial charge in [0.2, 0.25) is 12.7 Å². The number of aryl methyl sites for hydroxylation is 1. The molecule has 0 unspecified atom stereocenters. The van der Waals surface area contributed by atoms with Gasteiger partial charge in [0.1, 0.15) is 0 Å². The van der Waals surface area contributed by atoms with Crippen LogP contribution in [0.4, 0.5) is 0 Å². The molecule has 6 heteroatoms. The third-order valence-electron chi connectivity index (χ3n) is 5.89. The lowest BCUT2D eigenvalue weighted by Crippen LogP contribution is -2.48. The van der Waals surface area contributed by atoms with E-state index in [0.29, 0.717) is 6.42 Å². The van der Waals surface area contributed by atoms with Crippen molar-refractivity contribution in [3.63, 3.8) is 0 Å². The molecule has 1 aromatic heterocycles. The van der Waals surface area contributed by atoms with E-state index >= 15 is 0 Å². The van der Waals surface area contributed by atoms with E-state index < -0.39 is 0 Å². The predicted octanol–water partition coefficient (Wildman–Crippen LogP) is 4.42. The zero-order valence-electron chi connectivity index (χ0n) is 17.5. The smallest absolute Gasteiger partial charge is 0.231 e. The minimum Gasteiger partial charge on any atom is -0.454 e. The topological polar surface area (TPSA) is 42.0 Å². The maximum atomic E-state index is 12.7. The molecule has 1 fully saturated rings. The molecule has 0 radical (unpaired) electrons. The van der Waals surface area contributed by atoms with Crippen LogP contribution >= 0.6 is 11.3 Å². The predicted molar refractivity (Wildman–Crippen MR) is 122 cm³/mol. The monoisotopic (exact) mass is 434 g/mol. The van der Waals surface area contributed by atoms with Crippen LogP contribution in [-0.2, 0) is 17.8 Å². The molecule has 1 amide bonds. The number of piperazine rings is 1. The van der Waals surface area contributed by atoms with Gasteiger partial charge in [-0.15, -0.1) is 11.3 Å². The molecule has 5 rings (SSSR count). The third-order valence-corrected chi connectivity index (χ3v) is 7.01. The Hall–Kier alpha value is -2.83. The summed E-state index contributed by atoms with van der Waals surface area (Å²) in [5.41, 5.74) is 2.39. The van der Waals surface area contributed by atoms with E-state index in [9.17, 15) is 4.79 Å². The first-order valence-corrected chi connectivity index (χ1v) is 11.6. The zero-order chi connectivity index (χ0) is 21.0. The Morgan fingerprint density at radius 2 is 1.71 bits per heavy atom. The summed E-state index contributed by atoms with van der Waals surface area (Å²) >= 11 is 1.86. The molecule has 160 valence electrons. The van der Waals surface area contributed by atoms with Gasteiger partial charge in [-0.3, -0.25) is 9.69 Å². The zero-order valence-corrected chi connectivity index (χ0v) is 18.3. The van der Waals surface area contributed by atoms with E-state index in [1.807, 2.05) is 40.5 Å². The van der Waals surface area contributed by atoms with Gasteiger partial charge in [0.05, 0.1) is 0 Å². The standard InChI is InChI=1S/C25H26N2O3S/c28-25(11-7-19-6-9-22-23(16-19)30-18-29-22)27-14-12-26(13-15-27)17-21-8-10-24(31-21)20-4-2-1-3-5-20/h1-6,8-10,16H,7,11-15,17-18H2. The lowest BCUT2D eigenvalue weighted by molar-refractivity contribution is -0.132. The van der Waals surface area contributed by atoms with Gasteiger partial charge in [-0.2, -0.15) is 0 Å². The molecule has 2 aromatic carbocycles.